The van der Waals surface area contributed by atoms with Gasteiger partial charge in [-0.2, -0.15) is 0 Å². The van der Waals surface area contributed by atoms with Gasteiger partial charge in [0.2, 0.25) is 5.91 Å². The molecule has 1 aliphatic heterocycles. The Kier molecular flexibility index (Phi) is 3.76. The molecule has 1 unspecified atom stereocenters. The Morgan fingerprint density at radius 3 is 2.65 bits per heavy atom. The summed E-state index contributed by atoms with van der Waals surface area (Å²) in [5, 5.41) is 1.90. The van der Waals surface area contributed by atoms with Crippen LogP contribution in [-0.2, 0) is 11.3 Å². The molecule has 2 aromatic rings. The van der Waals surface area contributed by atoms with Gasteiger partial charge in [-0.1, -0.05) is 6.07 Å². The molecule has 2 heterocycles. The average Bonchev–Trinajstić information content (AvgIpc) is 2.99. The first-order valence-corrected chi connectivity index (χ1v) is 7.96. The number of nitrogens with zero attached hydrogens (tertiary/aromatic N) is 1. The van der Waals surface area contributed by atoms with Crippen LogP contribution in [0.5, 0.6) is 0 Å². The van der Waals surface area contributed by atoms with Crippen molar-refractivity contribution < 1.29 is 13.6 Å². The van der Waals surface area contributed by atoms with Crippen LogP contribution < -0.4 is 0 Å². The summed E-state index contributed by atoms with van der Waals surface area (Å²) in [6.45, 7) is 0.225. The molecule has 0 spiro atoms. The second kappa shape index (κ2) is 5.54. The molecule has 0 bridgehead atoms. The third-order valence-electron chi connectivity index (χ3n) is 3.03. The second-order valence-electron chi connectivity index (χ2n) is 4.48. The van der Waals surface area contributed by atoms with E-state index in [1.54, 1.807) is 28.0 Å². The summed E-state index contributed by atoms with van der Waals surface area (Å²) >= 11 is 3.12. The largest absolute Gasteiger partial charge is 0.321 e. The van der Waals surface area contributed by atoms with Crippen LogP contribution in [0.2, 0.25) is 0 Å². The van der Waals surface area contributed by atoms with E-state index >= 15 is 0 Å². The molecule has 1 aromatic heterocycles. The molecule has 1 aliphatic rings. The van der Waals surface area contributed by atoms with E-state index in [4.69, 9.17) is 0 Å². The van der Waals surface area contributed by atoms with Crippen LogP contribution in [0.25, 0.3) is 0 Å². The lowest BCUT2D eigenvalue weighted by atomic mass is 10.2. The summed E-state index contributed by atoms with van der Waals surface area (Å²) in [6, 6.07) is 7.28. The van der Waals surface area contributed by atoms with Crippen LogP contribution in [0.3, 0.4) is 0 Å². The minimum absolute atomic E-state index is 0.00179. The molecule has 0 aliphatic carbocycles. The zero-order valence-corrected chi connectivity index (χ0v) is 12.0. The lowest BCUT2D eigenvalue weighted by Gasteiger charge is -2.23. The predicted molar refractivity (Wildman–Crippen MR) is 76.4 cm³/mol. The van der Waals surface area contributed by atoms with E-state index in [0.29, 0.717) is 11.3 Å². The Morgan fingerprint density at radius 2 is 2.00 bits per heavy atom. The molecule has 0 saturated carbocycles. The number of hydrogen-bond acceptors (Lipinski definition) is 3. The number of amides is 1. The summed E-state index contributed by atoms with van der Waals surface area (Å²) in [5.74, 6) is -0.836. The maximum absolute atomic E-state index is 13.2. The number of rotatable bonds is 3. The van der Waals surface area contributed by atoms with Crippen molar-refractivity contribution in [2.24, 2.45) is 0 Å². The highest BCUT2D eigenvalue weighted by Gasteiger charge is 2.33. The maximum atomic E-state index is 13.2. The first kappa shape index (κ1) is 13.6. The van der Waals surface area contributed by atoms with Crippen molar-refractivity contribution in [3.8, 4) is 0 Å². The van der Waals surface area contributed by atoms with Crippen LogP contribution in [-0.4, -0.2) is 16.6 Å². The van der Waals surface area contributed by atoms with E-state index in [1.165, 1.54) is 12.1 Å². The number of benzene rings is 1. The number of hydrogen-bond donors (Lipinski definition) is 0. The summed E-state index contributed by atoms with van der Waals surface area (Å²) in [6.07, 6.45) is 0. The van der Waals surface area contributed by atoms with Crippen molar-refractivity contribution in [3.63, 3.8) is 0 Å². The molecule has 0 N–H and O–H groups in total. The summed E-state index contributed by atoms with van der Waals surface area (Å²) in [5.41, 5.74) is 0.472. The fourth-order valence-corrected chi connectivity index (χ4v) is 4.36. The Balaban J connectivity index is 1.85. The van der Waals surface area contributed by atoms with Gasteiger partial charge < -0.3 is 4.90 Å². The number of thiophene rings is 1. The lowest BCUT2D eigenvalue weighted by molar-refractivity contribution is -0.128. The number of carbonyl (C=O) groups excluding carboxylic acids is 1. The number of carbonyl (C=O) groups is 1. The first-order valence-electron chi connectivity index (χ1n) is 6.03. The Bertz CT molecular complexity index is 610. The molecule has 20 heavy (non-hydrogen) atoms. The van der Waals surface area contributed by atoms with E-state index in [9.17, 15) is 13.6 Å². The lowest BCUT2D eigenvalue weighted by Crippen LogP contribution is -2.27. The molecular weight excluding hydrogens is 300 g/mol. The summed E-state index contributed by atoms with van der Waals surface area (Å²) < 4.78 is 26.4. The molecular formula is C14H11F2NOS2. The van der Waals surface area contributed by atoms with Crippen molar-refractivity contribution in [3.05, 3.63) is 57.8 Å². The fraction of sp³-hybridized carbons (Fsp3) is 0.214. The van der Waals surface area contributed by atoms with Crippen molar-refractivity contribution in [1.29, 1.82) is 0 Å². The standard InChI is InChI=1S/C14H11F2NOS2/c15-10-4-9(5-11(16)6-10)7-17-13(18)8-20-14(17)12-2-1-3-19-12/h1-6,14H,7-8H2. The molecule has 2 nitrogen and oxygen atoms in total. The SMILES string of the molecule is O=C1CSC(c2cccs2)N1Cc1cc(F)cc(F)c1. The monoisotopic (exact) mass is 311 g/mol. The zero-order valence-electron chi connectivity index (χ0n) is 10.4. The third-order valence-corrected chi connectivity index (χ3v) is 5.34. The molecule has 1 atom stereocenters. The number of halogens is 2. The molecule has 1 saturated heterocycles. The third kappa shape index (κ3) is 2.71. The first-order chi connectivity index (χ1) is 9.63. The van der Waals surface area contributed by atoms with Crippen molar-refractivity contribution in [2.75, 3.05) is 5.75 Å². The second-order valence-corrected chi connectivity index (χ2v) is 6.53. The Labute approximate surface area is 123 Å². The van der Waals surface area contributed by atoms with Gasteiger partial charge in [0.05, 0.1) is 5.75 Å². The van der Waals surface area contributed by atoms with Crippen LogP contribution in [0.15, 0.2) is 35.7 Å². The maximum Gasteiger partial charge on any atom is 0.234 e. The highest BCUT2D eigenvalue weighted by Crippen LogP contribution is 2.41. The van der Waals surface area contributed by atoms with E-state index in [1.807, 2.05) is 17.5 Å². The van der Waals surface area contributed by atoms with E-state index in [2.05, 4.69) is 0 Å². The molecule has 0 radical (unpaired) electrons. The van der Waals surface area contributed by atoms with Gasteiger partial charge in [-0.15, -0.1) is 23.1 Å². The minimum atomic E-state index is -0.619. The van der Waals surface area contributed by atoms with Crippen LogP contribution in [0.1, 0.15) is 15.8 Å². The van der Waals surface area contributed by atoms with Gasteiger partial charge in [-0.3, -0.25) is 4.79 Å². The fourth-order valence-electron chi connectivity index (χ4n) is 2.19. The average molecular weight is 311 g/mol. The quantitative estimate of drug-likeness (QED) is 0.859. The van der Waals surface area contributed by atoms with Gasteiger partial charge in [-0.05, 0) is 29.1 Å². The molecule has 3 rings (SSSR count). The minimum Gasteiger partial charge on any atom is -0.321 e. The van der Waals surface area contributed by atoms with Crippen LogP contribution in [0.4, 0.5) is 8.78 Å². The van der Waals surface area contributed by atoms with Gasteiger partial charge in [0.25, 0.3) is 0 Å². The van der Waals surface area contributed by atoms with Gasteiger partial charge in [-0.25, -0.2) is 8.78 Å². The smallest absolute Gasteiger partial charge is 0.234 e. The molecule has 1 aromatic carbocycles. The highest BCUT2D eigenvalue weighted by atomic mass is 32.2. The van der Waals surface area contributed by atoms with Crippen LogP contribution in [0, 0.1) is 11.6 Å². The van der Waals surface area contributed by atoms with Crippen molar-refractivity contribution in [2.45, 2.75) is 11.9 Å². The van der Waals surface area contributed by atoms with Crippen molar-refractivity contribution >= 4 is 29.0 Å². The zero-order chi connectivity index (χ0) is 14.1. The summed E-state index contributed by atoms with van der Waals surface area (Å²) in [4.78, 5) is 14.7. The molecule has 104 valence electrons. The topological polar surface area (TPSA) is 20.3 Å². The van der Waals surface area contributed by atoms with Gasteiger partial charge in [0.15, 0.2) is 0 Å². The summed E-state index contributed by atoms with van der Waals surface area (Å²) in [7, 11) is 0. The number of thioether (sulfide) groups is 1. The van der Waals surface area contributed by atoms with E-state index < -0.39 is 11.6 Å². The molecule has 1 fully saturated rings. The van der Waals surface area contributed by atoms with E-state index in [0.717, 1.165) is 10.9 Å². The van der Waals surface area contributed by atoms with Gasteiger partial charge >= 0.3 is 0 Å². The van der Waals surface area contributed by atoms with Gasteiger partial charge in [0.1, 0.15) is 17.0 Å². The Hall–Kier alpha value is -1.40. The molecule has 1 amide bonds. The van der Waals surface area contributed by atoms with Crippen LogP contribution >= 0.6 is 23.1 Å². The normalized spacial score (nSPS) is 18.8. The van der Waals surface area contributed by atoms with Crippen molar-refractivity contribution in [1.82, 2.24) is 4.90 Å². The van der Waals surface area contributed by atoms with E-state index in [-0.39, 0.29) is 17.8 Å². The molecule has 6 heteroatoms. The highest BCUT2D eigenvalue weighted by molar-refractivity contribution is 8.00. The van der Waals surface area contributed by atoms with Gasteiger partial charge in [0, 0.05) is 17.5 Å². The predicted octanol–water partition coefficient (Wildman–Crippen LogP) is 3.80. The Morgan fingerprint density at radius 1 is 1.25 bits per heavy atom.